The molecule has 4 bridgehead atoms. The Morgan fingerprint density at radius 2 is 0.909 bits per heavy atom. The summed E-state index contributed by atoms with van der Waals surface area (Å²) in [6.07, 6.45) is 7.37. The molecule has 0 amide bonds. The normalized spacial score (nSPS) is 50.9. The summed E-state index contributed by atoms with van der Waals surface area (Å²) in [5.41, 5.74) is -1.69. The van der Waals surface area contributed by atoms with Crippen molar-refractivity contribution >= 4 is 0 Å². The van der Waals surface area contributed by atoms with Crippen LogP contribution in [0.2, 0.25) is 0 Å². The van der Waals surface area contributed by atoms with Gasteiger partial charge in [-0.2, -0.15) is 0 Å². The molecular formula is C20H22O2. The van der Waals surface area contributed by atoms with E-state index >= 15 is 0 Å². The van der Waals surface area contributed by atoms with Gasteiger partial charge < -0.3 is 9.47 Å². The number of hydrogen-bond acceptors (Lipinski definition) is 2. The number of fused-ring (bicyclic) bond motifs is 10. The highest BCUT2D eigenvalue weighted by atomic mass is 16.5. The fourth-order valence-corrected chi connectivity index (χ4v) is 4.93. The van der Waals surface area contributed by atoms with Crippen LogP contribution in [0.15, 0.2) is 24.3 Å². The highest BCUT2D eigenvalue weighted by Crippen LogP contribution is 2.63. The molecule has 1 aromatic rings. The van der Waals surface area contributed by atoms with Gasteiger partial charge in [-0.1, -0.05) is 0 Å². The van der Waals surface area contributed by atoms with Crippen molar-refractivity contribution in [1.29, 1.82) is 0 Å². The molecule has 0 saturated carbocycles. The highest BCUT2D eigenvalue weighted by molar-refractivity contribution is 5.67. The number of hydrogen-bond donors (Lipinski definition) is 0. The minimum Gasteiger partial charge on any atom is -0.351 e. The molecule has 4 aliphatic rings. The van der Waals surface area contributed by atoms with Crippen LogP contribution in [0.3, 0.4) is 0 Å². The molecular weight excluding hydrogens is 272 g/mol. The summed E-state index contributed by atoms with van der Waals surface area (Å²) >= 11 is 0. The van der Waals surface area contributed by atoms with Crippen molar-refractivity contribution < 1.29 is 17.7 Å². The van der Waals surface area contributed by atoms with Crippen molar-refractivity contribution in [2.24, 2.45) is 0 Å². The van der Waals surface area contributed by atoms with Crippen molar-refractivity contribution in [3.8, 4) is 0 Å². The average molecular weight is 300 g/mol. The van der Waals surface area contributed by atoms with E-state index in [-0.39, 0.29) is 11.1 Å². The van der Waals surface area contributed by atoms with Crippen LogP contribution in [0.5, 0.6) is 0 Å². The lowest BCUT2D eigenvalue weighted by molar-refractivity contribution is -0.0537. The van der Waals surface area contributed by atoms with E-state index in [0.717, 1.165) is 0 Å². The number of rotatable bonds is 0. The Hall–Kier alpha value is -1.38. The predicted octanol–water partition coefficient (Wildman–Crippen LogP) is 4.36. The van der Waals surface area contributed by atoms with Crippen molar-refractivity contribution in [3.63, 3.8) is 0 Å². The fraction of sp³-hybridized carbons (Fsp3) is 0.500. The van der Waals surface area contributed by atoms with Gasteiger partial charge in [-0.3, -0.25) is 0 Å². The Morgan fingerprint density at radius 3 is 1.14 bits per heavy atom. The first kappa shape index (κ1) is 8.47. The summed E-state index contributed by atoms with van der Waals surface area (Å²) in [5, 5.41) is 0. The molecule has 5 rings (SSSR count). The minimum absolute atomic E-state index is 0.177. The largest absolute Gasteiger partial charge is 0.351 e. The van der Waals surface area contributed by atoms with Crippen molar-refractivity contribution in [2.75, 3.05) is 0 Å². The maximum absolute atomic E-state index is 8.33. The Kier molecular flexibility index (Phi) is 1.20. The molecule has 22 heavy (non-hydrogen) atoms. The summed E-state index contributed by atoms with van der Waals surface area (Å²) < 4.78 is 62.5. The lowest BCUT2D eigenvalue weighted by atomic mass is 9.70. The second-order valence-corrected chi connectivity index (χ2v) is 7.55. The maximum Gasteiger partial charge on any atom is 0.111 e. The molecule has 0 spiro atoms. The van der Waals surface area contributed by atoms with Gasteiger partial charge in [0.2, 0.25) is 0 Å². The lowest BCUT2D eigenvalue weighted by Gasteiger charge is -2.30. The van der Waals surface area contributed by atoms with Gasteiger partial charge in [-0.05, 0) is 99.1 Å². The SMILES string of the molecule is [2H]C([2H])([2H])c1c2c(c(C([2H])([2H])[2H])c3c1C1(C)C=CC3(C)O1)C1(C)C=CC2(C)O1. The molecule has 0 N–H and O–H groups in total. The number of benzene rings is 1. The zero-order valence-corrected chi connectivity index (χ0v) is 13.1. The molecule has 0 aromatic heterocycles. The molecule has 0 saturated heterocycles. The summed E-state index contributed by atoms with van der Waals surface area (Å²) in [4.78, 5) is 0. The molecule has 4 aliphatic heterocycles. The third-order valence-corrected chi connectivity index (χ3v) is 5.77. The topological polar surface area (TPSA) is 18.5 Å². The van der Waals surface area contributed by atoms with E-state index < -0.39 is 36.1 Å². The van der Waals surface area contributed by atoms with Crippen molar-refractivity contribution in [3.05, 3.63) is 57.7 Å². The van der Waals surface area contributed by atoms with E-state index in [2.05, 4.69) is 0 Å². The van der Waals surface area contributed by atoms with Crippen LogP contribution in [0.1, 0.15) is 69.3 Å². The molecule has 2 nitrogen and oxygen atoms in total. The second-order valence-electron chi connectivity index (χ2n) is 7.55. The first-order valence-corrected chi connectivity index (χ1v) is 7.64. The summed E-state index contributed by atoms with van der Waals surface area (Å²) in [5.74, 6) is 0. The van der Waals surface area contributed by atoms with Gasteiger partial charge in [0, 0.05) is 8.22 Å². The zero-order valence-electron chi connectivity index (χ0n) is 19.1. The summed E-state index contributed by atoms with van der Waals surface area (Å²) in [7, 11) is 0. The highest BCUT2D eigenvalue weighted by Gasteiger charge is 2.58. The van der Waals surface area contributed by atoms with E-state index in [0.29, 0.717) is 22.3 Å². The van der Waals surface area contributed by atoms with Crippen LogP contribution in [-0.2, 0) is 31.9 Å². The van der Waals surface area contributed by atoms with Gasteiger partial charge in [-0.15, -0.1) is 0 Å². The average Bonchev–Trinajstić information content (AvgIpc) is 3.14. The Morgan fingerprint density at radius 1 is 0.636 bits per heavy atom. The molecule has 4 heterocycles. The Balaban J connectivity index is 2.07. The predicted molar refractivity (Wildman–Crippen MR) is 85.8 cm³/mol. The van der Waals surface area contributed by atoms with E-state index in [1.807, 2.05) is 24.3 Å². The summed E-state index contributed by atoms with van der Waals surface area (Å²) in [6, 6.07) is 0. The monoisotopic (exact) mass is 300 g/mol. The van der Waals surface area contributed by atoms with Gasteiger partial charge in [0.05, 0.1) is 0 Å². The van der Waals surface area contributed by atoms with Gasteiger partial charge in [0.15, 0.2) is 0 Å². The number of ether oxygens (including phenoxy) is 2. The van der Waals surface area contributed by atoms with Crippen LogP contribution >= 0.6 is 0 Å². The molecule has 0 aliphatic carbocycles. The van der Waals surface area contributed by atoms with Crippen LogP contribution in [0.4, 0.5) is 0 Å². The first-order valence-electron chi connectivity index (χ1n) is 10.6. The van der Waals surface area contributed by atoms with Gasteiger partial charge in [0.1, 0.15) is 22.4 Å². The molecule has 4 unspecified atom stereocenters. The smallest absolute Gasteiger partial charge is 0.111 e. The molecule has 0 fully saturated rings. The zero-order chi connectivity index (χ0) is 20.7. The van der Waals surface area contributed by atoms with E-state index in [9.17, 15) is 0 Å². The maximum atomic E-state index is 8.33. The van der Waals surface area contributed by atoms with E-state index in [4.69, 9.17) is 17.7 Å². The summed E-state index contributed by atoms with van der Waals surface area (Å²) in [6.45, 7) is 2.34. The van der Waals surface area contributed by atoms with Gasteiger partial charge >= 0.3 is 0 Å². The third-order valence-electron chi connectivity index (χ3n) is 5.77. The second kappa shape index (κ2) is 3.13. The standard InChI is InChI=1S/C20H22O2/c1-11-13-15(19(5)9-7-17(13,3)21-19)12(2)16-14(11)18(4)8-10-20(16,6)22-18/h7-10H,1-6H3/i1D3,2D3. The molecule has 0 radical (unpaired) electrons. The Bertz CT molecular complexity index is 877. The van der Waals surface area contributed by atoms with Crippen molar-refractivity contribution in [2.45, 2.75) is 63.8 Å². The molecule has 1 aromatic carbocycles. The van der Waals surface area contributed by atoms with Crippen molar-refractivity contribution in [1.82, 2.24) is 0 Å². The molecule has 4 atom stereocenters. The lowest BCUT2D eigenvalue weighted by Crippen LogP contribution is -2.24. The van der Waals surface area contributed by atoms with Crippen LogP contribution in [0.25, 0.3) is 0 Å². The third kappa shape index (κ3) is 1.10. The van der Waals surface area contributed by atoms with Gasteiger partial charge in [0.25, 0.3) is 0 Å². The molecule has 114 valence electrons. The van der Waals surface area contributed by atoms with E-state index in [1.54, 1.807) is 27.7 Å². The van der Waals surface area contributed by atoms with Crippen LogP contribution in [-0.4, -0.2) is 0 Å². The molecule has 2 heteroatoms. The minimum atomic E-state index is -2.44. The quantitative estimate of drug-likeness (QED) is 0.663. The van der Waals surface area contributed by atoms with Crippen LogP contribution in [0, 0.1) is 13.7 Å². The van der Waals surface area contributed by atoms with Gasteiger partial charge in [-0.25, -0.2) is 0 Å². The Labute approximate surface area is 140 Å². The van der Waals surface area contributed by atoms with Crippen LogP contribution < -0.4 is 0 Å². The first-order chi connectivity index (χ1) is 12.6. The van der Waals surface area contributed by atoms with E-state index in [1.165, 1.54) is 0 Å². The fourth-order valence-electron chi connectivity index (χ4n) is 4.93.